The fraction of sp³-hybridized carbons (Fsp3) is 0.360. The summed E-state index contributed by atoms with van der Waals surface area (Å²) in [5.74, 6) is 0.777. The van der Waals surface area contributed by atoms with Gasteiger partial charge in [0.05, 0.1) is 10.6 Å². The number of rotatable bonds is 4. The number of nitrogens with zero attached hydrogens (tertiary/aromatic N) is 4. The Balaban J connectivity index is 1.47. The Bertz CT molecular complexity index is 1250. The topological polar surface area (TPSA) is 66.4 Å². The number of hydrogen-bond donors (Lipinski definition) is 0. The van der Waals surface area contributed by atoms with Gasteiger partial charge in [0, 0.05) is 31.7 Å². The van der Waals surface area contributed by atoms with Crippen LogP contribution in [0.3, 0.4) is 0 Å². The Morgan fingerprint density at radius 3 is 2.03 bits per heavy atom. The lowest BCUT2D eigenvalue weighted by molar-refractivity contribution is 0.383. The molecule has 2 heterocycles. The highest BCUT2D eigenvalue weighted by atomic mass is 32.2. The molecule has 3 aromatic rings. The molecule has 1 saturated heterocycles. The van der Waals surface area contributed by atoms with E-state index in [2.05, 4.69) is 48.0 Å². The van der Waals surface area contributed by atoms with Crippen LogP contribution in [0.5, 0.6) is 0 Å². The number of aromatic nitrogens is 2. The van der Waals surface area contributed by atoms with Crippen LogP contribution in [0.1, 0.15) is 27.8 Å². The fourth-order valence-electron chi connectivity index (χ4n) is 4.26. The van der Waals surface area contributed by atoms with Crippen molar-refractivity contribution in [2.75, 3.05) is 31.1 Å². The minimum absolute atomic E-state index is 0.393. The molecule has 0 amide bonds. The van der Waals surface area contributed by atoms with Crippen LogP contribution in [-0.4, -0.2) is 49.1 Å². The zero-order valence-corrected chi connectivity index (χ0v) is 20.2. The zero-order valence-electron chi connectivity index (χ0n) is 19.4. The molecule has 168 valence electrons. The van der Waals surface area contributed by atoms with E-state index in [0.29, 0.717) is 31.1 Å². The number of sulfonamides is 1. The van der Waals surface area contributed by atoms with Crippen molar-refractivity contribution in [3.8, 4) is 11.3 Å². The minimum Gasteiger partial charge on any atom is -0.352 e. The lowest BCUT2D eigenvalue weighted by atomic mass is 9.99. The molecule has 1 aromatic heterocycles. The van der Waals surface area contributed by atoms with Crippen LogP contribution in [0.2, 0.25) is 0 Å². The third-order valence-electron chi connectivity index (χ3n) is 6.28. The van der Waals surface area contributed by atoms with E-state index >= 15 is 0 Å². The first-order valence-corrected chi connectivity index (χ1v) is 12.3. The van der Waals surface area contributed by atoms with Crippen molar-refractivity contribution < 1.29 is 8.42 Å². The summed E-state index contributed by atoms with van der Waals surface area (Å²) in [6.07, 6.45) is 0. The van der Waals surface area contributed by atoms with E-state index in [1.807, 2.05) is 38.1 Å². The molecule has 1 aliphatic rings. The quantitative estimate of drug-likeness (QED) is 0.596. The molecule has 0 N–H and O–H groups in total. The molecule has 0 bridgehead atoms. The van der Waals surface area contributed by atoms with E-state index in [9.17, 15) is 8.42 Å². The number of hydrogen-bond acceptors (Lipinski definition) is 5. The number of piperazine rings is 1. The van der Waals surface area contributed by atoms with Gasteiger partial charge < -0.3 is 4.90 Å². The van der Waals surface area contributed by atoms with Crippen molar-refractivity contribution >= 4 is 15.8 Å². The molecular weight excluding hydrogens is 420 g/mol. The molecule has 1 aliphatic heterocycles. The van der Waals surface area contributed by atoms with Gasteiger partial charge in [0.25, 0.3) is 0 Å². The summed E-state index contributed by atoms with van der Waals surface area (Å²) in [4.78, 5) is 2.49. The molecule has 0 saturated carbocycles. The van der Waals surface area contributed by atoms with E-state index < -0.39 is 10.0 Å². The molecule has 7 heteroatoms. The summed E-state index contributed by atoms with van der Waals surface area (Å²) in [5, 5.41) is 8.92. The van der Waals surface area contributed by atoms with E-state index in [1.54, 1.807) is 10.4 Å². The van der Waals surface area contributed by atoms with Crippen LogP contribution in [0.4, 0.5) is 5.82 Å². The predicted octanol–water partition coefficient (Wildman–Crippen LogP) is 4.20. The standard InChI is InChI=1S/C25H30N4O2S/c1-17-6-8-24(21(5)14-17)32(30,31)29-12-10-28(11-13-29)25-9-7-23(26-27-25)22-16-19(3)18(2)15-20(22)4/h6-9,14-16H,10-13H2,1-5H3. The van der Waals surface area contributed by atoms with Gasteiger partial charge in [-0.2, -0.15) is 4.31 Å². The third kappa shape index (κ3) is 4.27. The van der Waals surface area contributed by atoms with Gasteiger partial charge in [0.2, 0.25) is 10.0 Å². The summed E-state index contributed by atoms with van der Waals surface area (Å²) in [6, 6.07) is 13.8. The smallest absolute Gasteiger partial charge is 0.243 e. The van der Waals surface area contributed by atoms with Crippen molar-refractivity contribution in [1.82, 2.24) is 14.5 Å². The van der Waals surface area contributed by atoms with Crippen LogP contribution in [0, 0.1) is 34.6 Å². The molecule has 0 atom stereocenters. The number of aryl methyl sites for hydroxylation is 5. The predicted molar refractivity (Wildman–Crippen MR) is 129 cm³/mol. The second-order valence-corrected chi connectivity index (χ2v) is 10.6. The normalized spacial score (nSPS) is 15.2. The van der Waals surface area contributed by atoms with Crippen LogP contribution in [-0.2, 0) is 10.0 Å². The zero-order chi connectivity index (χ0) is 23.0. The Morgan fingerprint density at radius 2 is 1.41 bits per heavy atom. The minimum atomic E-state index is -3.50. The molecule has 1 fully saturated rings. The molecule has 0 radical (unpaired) electrons. The first-order valence-electron chi connectivity index (χ1n) is 10.9. The highest BCUT2D eigenvalue weighted by Gasteiger charge is 2.30. The van der Waals surface area contributed by atoms with E-state index in [0.717, 1.165) is 28.2 Å². The Labute approximate surface area is 191 Å². The van der Waals surface area contributed by atoms with Gasteiger partial charge in [0.15, 0.2) is 5.82 Å². The fourth-order valence-corrected chi connectivity index (χ4v) is 5.89. The van der Waals surface area contributed by atoms with Crippen LogP contribution in [0.25, 0.3) is 11.3 Å². The maximum absolute atomic E-state index is 13.1. The van der Waals surface area contributed by atoms with Crippen molar-refractivity contribution in [1.29, 1.82) is 0 Å². The summed E-state index contributed by atoms with van der Waals surface area (Å²) in [6.45, 7) is 12.1. The molecule has 0 aliphatic carbocycles. The summed E-state index contributed by atoms with van der Waals surface area (Å²) >= 11 is 0. The number of benzene rings is 2. The van der Waals surface area contributed by atoms with Crippen LogP contribution < -0.4 is 4.90 Å². The van der Waals surface area contributed by atoms with Crippen molar-refractivity contribution in [2.45, 2.75) is 39.5 Å². The van der Waals surface area contributed by atoms with Crippen LogP contribution in [0.15, 0.2) is 47.4 Å². The van der Waals surface area contributed by atoms with Crippen molar-refractivity contribution in [2.24, 2.45) is 0 Å². The average Bonchev–Trinajstić information content (AvgIpc) is 2.76. The summed E-state index contributed by atoms with van der Waals surface area (Å²) in [7, 11) is -3.50. The van der Waals surface area contributed by atoms with E-state index in [1.165, 1.54) is 16.7 Å². The lowest BCUT2D eigenvalue weighted by Crippen LogP contribution is -2.49. The maximum atomic E-state index is 13.1. The second-order valence-electron chi connectivity index (χ2n) is 8.69. The SMILES string of the molecule is Cc1ccc(S(=O)(=O)N2CCN(c3ccc(-c4cc(C)c(C)cc4C)nn3)CC2)c(C)c1. The molecule has 0 unspecified atom stereocenters. The highest BCUT2D eigenvalue weighted by molar-refractivity contribution is 7.89. The first kappa shape index (κ1) is 22.4. The van der Waals surface area contributed by atoms with Gasteiger partial charge in [-0.3, -0.25) is 0 Å². The third-order valence-corrected chi connectivity index (χ3v) is 8.34. The summed E-state index contributed by atoms with van der Waals surface area (Å²) in [5.41, 5.74) is 7.48. The molecule has 2 aromatic carbocycles. The maximum Gasteiger partial charge on any atom is 0.243 e. The van der Waals surface area contributed by atoms with E-state index in [-0.39, 0.29) is 0 Å². The van der Waals surface area contributed by atoms with Crippen molar-refractivity contribution in [3.05, 3.63) is 70.3 Å². The molecular formula is C25H30N4O2S. The van der Waals surface area contributed by atoms with E-state index in [4.69, 9.17) is 0 Å². The molecule has 32 heavy (non-hydrogen) atoms. The van der Waals surface area contributed by atoms with Gasteiger partial charge >= 0.3 is 0 Å². The van der Waals surface area contributed by atoms with Crippen LogP contribution >= 0.6 is 0 Å². The highest BCUT2D eigenvalue weighted by Crippen LogP contribution is 2.27. The Morgan fingerprint density at radius 1 is 0.719 bits per heavy atom. The van der Waals surface area contributed by atoms with Crippen molar-refractivity contribution in [3.63, 3.8) is 0 Å². The Hall–Kier alpha value is -2.77. The van der Waals surface area contributed by atoms with Gasteiger partial charge in [-0.25, -0.2) is 8.42 Å². The molecule has 4 rings (SSSR count). The molecule has 6 nitrogen and oxygen atoms in total. The lowest BCUT2D eigenvalue weighted by Gasteiger charge is -2.34. The number of anilines is 1. The monoisotopic (exact) mass is 450 g/mol. The Kier molecular flexibility index (Phi) is 6.05. The first-order chi connectivity index (χ1) is 15.2. The van der Waals surface area contributed by atoms with Gasteiger partial charge in [-0.15, -0.1) is 10.2 Å². The summed E-state index contributed by atoms with van der Waals surface area (Å²) < 4.78 is 27.8. The average molecular weight is 451 g/mol. The van der Waals surface area contributed by atoms with Gasteiger partial charge in [-0.1, -0.05) is 23.8 Å². The molecule has 0 spiro atoms. The second kappa shape index (κ2) is 8.64. The van der Waals surface area contributed by atoms with Gasteiger partial charge in [-0.05, 0) is 81.1 Å². The largest absolute Gasteiger partial charge is 0.352 e. The van der Waals surface area contributed by atoms with Gasteiger partial charge in [0.1, 0.15) is 0 Å².